The molecule has 1 aliphatic rings. The van der Waals surface area contributed by atoms with E-state index in [0.29, 0.717) is 6.04 Å². The van der Waals surface area contributed by atoms with Crippen LogP contribution in [-0.4, -0.2) is 34.0 Å². The second-order valence-corrected chi connectivity index (χ2v) is 5.96. The molecule has 2 aromatic rings. The summed E-state index contributed by atoms with van der Waals surface area (Å²) in [6, 6.07) is 4.50. The van der Waals surface area contributed by atoms with Crippen molar-refractivity contribution >= 4 is 17.3 Å². The lowest BCUT2D eigenvalue weighted by Gasteiger charge is -2.16. The number of nitrogens with zero attached hydrogens (tertiary/aromatic N) is 3. The van der Waals surface area contributed by atoms with Crippen LogP contribution in [0.15, 0.2) is 29.9 Å². The number of hydrogen-bond donors (Lipinski definition) is 1. The molecule has 1 N–H and O–H groups in total. The van der Waals surface area contributed by atoms with Gasteiger partial charge >= 0.3 is 0 Å². The van der Waals surface area contributed by atoms with Crippen LogP contribution < -0.4 is 5.32 Å². The minimum Gasteiger partial charge on any atom is -0.350 e. The summed E-state index contributed by atoms with van der Waals surface area (Å²) in [4.78, 5) is 12.4. The first-order chi connectivity index (χ1) is 9.31. The van der Waals surface area contributed by atoms with Crippen LogP contribution in [0.1, 0.15) is 16.9 Å². The highest BCUT2D eigenvalue weighted by atomic mass is 32.1. The van der Waals surface area contributed by atoms with Gasteiger partial charge in [-0.3, -0.25) is 4.90 Å². The SMILES string of the molecule is Cc1ccsc1CN1CCC(Nc2ncccn2)C1. The quantitative estimate of drug-likeness (QED) is 0.930. The van der Waals surface area contributed by atoms with Crippen molar-refractivity contribution in [1.29, 1.82) is 0 Å². The van der Waals surface area contributed by atoms with E-state index in [9.17, 15) is 0 Å². The molecule has 19 heavy (non-hydrogen) atoms. The summed E-state index contributed by atoms with van der Waals surface area (Å²) in [6.07, 6.45) is 4.71. The van der Waals surface area contributed by atoms with Gasteiger partial charge in [0.05, 0.1) is 0 Å². The molecular formula is C14H18N4S. The van der Waals surface area contributed by atoms with Crippen molar-refractivity contribution in [3.05, 3.63) is 40.3 Å². The van der Waals surface area contributed by atoms with Gasteiger partial charge < -0.3 is 5.32 Å². The monoisotopic (exact) mass is 274 g/mol. The lowest BCUT2D eigenvalue weighted by atomic mass is 10.3. The van der Waals surface area contributed by atoms with Gasteiger partial charge in [-0.05, 0) is 36.4 Å². The molecule has 3 rings (SSSR count). The first kappa shape index (κ1) is 12.6. The Labute approximate surface area is 117 Å². The standard InChI is InChI=1S/C14H18N4S/c1-11-4-8-19-13(11)10-18-7-3-12(9-18)17-14-15-5-2-6-16-14/h2,4-6,8,12H,3,7,9-10H2,1H3,(H,15,16,17). The van der Waals surface area contributed by atoms with E-state index in [4.69, 9.17) is 0 Å². The second kappa shape index (κ2) is 5.67. The van der Waals surface area contributed by atoms with E-state index < -0.39 is 0 Å². The molecule has 4 nitrogen and oxygen atoms in total. The molecule has 1 unspecified atom stereocenters. The molecule has 1 fully saturated rings. The average Bonchev–Trinajstić information content (AvgIpc) is 3.02. The molecule has 100 valence electrons. The Morgan fingerprint density at radius 2 is 2.26 bits per heavy atom. The van der Waals surface area contributed by atoms with E-state index in [1.165, 1.54) is 10.4 Å². The minimum atomic E-state index is 0.461. The summed E-state index contributed by atoms with van der Waals surface area (Å²) in [5, 5.41) is 5.58. The Morgan fingerprint density at radius 3 is 3.00 bits per heavy atom. The van der Waals surface area contributed by atoms with Crippen molar-refractivity contribution in [2.45, 2.75) is 25.9 Å². The molecule has 2 aromatic heterocycles. The molecule has 0 saturated carbocycles. The summed E-state index contributed by atoms with van der Waals surface area (Å²) >= 11 is 1.85. The molecule has 0 bridgehead atoms. The number of likely N-dealkylation sites (tertiary alicyclic amines) is 1. The number of thiophene rings is 1. The maximum Gasteiger partial charge on any atom is 0.222 e. The maximum absolute atomic E-state index is 4.22. The predicted molar refractivity (Wildman–Crippen MR) is 78.4 cm³/mol. The molecule has 3 heterocycles. The highest BCUT2D eigenvalue weighted by molar-refractivity contribution is 7.10. The fraction of sp³-hybridized carbons (Fsp3) is 0.429. The molecule has 1 saturated heterocycles. The largest absolute Gasteiger partial charge is 0.350 e. The number of aryl methyl sites for hydroxylation is 1. The molecular weight excluding hydrogens is 256 g/mol. The normalized spacial score (nSPS) is 19.7. The third-order valence-corrected chi connectivity index (χ3v) is 4.51. The first-order valence-electron chi connectivity index (χ1n) is 6.60. The molecule has 0 radical (unpaired) electrons. The van der Waals surface area contributed by atoms with Gasteiger partial charge in [-0.1, -0.05) is 0 Å². The zero-order chi connectivity index (χ0) is 13.1. The van der Waals surface area contributed by atoms with Gasteiger partial charge in [-0.2, -0.15) is 0 Å². The van der Waals surface area contributed by atoms with Crippen molar-refractivity contribution in [3.8, 4) is 0 Å². The smallest absolute Gasteiger partial charge is 0.222 e. The van der Waals surface area contributed by atoms with E-state index in [1.807, 2.05) is 17.4 Å². The molecule has 1 aliphatic heterocycles. The number of anilines is 1. The van der Waals surface area contributed by atoms with E-state index in [0.717, 1.165) is 32.0 Å². The second-order valence-electron chi connectivity index (χ2n) is 4.96. The molecule has 0 spiro atoms. The van der Waals surface area contributed by atoms with Gasteiger partial charge in [0, 0.05) is 42.9 Å². The minimum absolute atomic E-state index is 0.461. The number of aromatic nitrogens is 2. The van der Waals surface area contributed by atoms with Crippen molar-refractivity contribution < 1.29 is 0 Å². The average molecular weight is 274 g/mol. The third kappa shape index (κ3) is 3.11. The summed E-state index contributed by atoms with van der Waals surface area (Å²) in [7, 11) is 0. The Balaban J connectivity index is 1.54. The first-order valence-corrected chi connectivity index (χ1v) is 7.48. The van der Waals surface area contributed by atoms with Gasteiger partial charge in [-0.15, -0.1) is 11.3 Å². The fourth-order valence-corrected chi connectivity index (χ4v) is 3.37. The molecule has 0 amide bonds. The van der Waals surface area contributed by atoms with Crippen molar-refractivity contribution in [3.63, 3.8) is 0 Å². The molecule has 5 heteroatoms. The van der Waals surface area contributed by atoms with Gasteiger partial charge in [0.1, 0.15) is 0 Å². The lowest BCUT2D eigenvalue weighted by Crippen LogP contribution is -2.26. The van der Waals surface area contributed by atoms with Crippen LogP contribution in [-0.2, 0) is 6.54 Å². The third-order valence-electron chi connectivity index (χ3n) is 3.51. The number of hydrogen-bond acceptors (Lipinski definition) is 5. The predicted octanol–water partition coefficient (Wildman–Crippen LogP) is 2.53. The summed E-state index contributed by atoms with van der Waals surface area (Å²) in [6.45, 7) is 5.46. The zero-order valence-electron chi connectivity index (χ0n) is 11.0. The van der Waals surface area contributed by atoms with Crippen LogP contribution in [0.4, 0.5) is 5.95 Å². The summed E-state index contributed by atoms with van der Waals surface area (Å²) < 4.78 is 0. The highest BCUT2D eigenvalue weighted by Crippen LogP contribution is 2.21. The summed E-state index contributed by atoms with van der Waals surface area (Å²) in [5.41, 5.74) is 1.41. The zero-order valence-corrected chi connectivity index (χ0v) is 11.9. The number of rotatable bonds is 4. The molecule has 1 atom stereocenters. The Kier molecular flexibility index (Phi) is 3.75. The van der Waals surface area contributed by atoms with Crippen molar-refractivity contribution in [2.75, 3.05) is 18.4 Å². The van der Waals surface area contributed by atoms with Crippen LogP contribution in [0.25, 0.3) is 0 Å². The van der Waals surface area contributed by atoms with Crippen LogP contribution in [0.2, 0.25) is 0 Å². The fourth-order valence-electron chi connectivity index (χ4n) is 2.42. The molecule has 0 aliphatic carbocycles. The number of nitrogens with one attached hydrogen (secondary N) is 1. The topological polar surface area (TPSA) is 41.0 Å². The van der Waals surface area contributed by atoms with Gasteiger partial charge in [-0.25, -0.2) is 9.97 Å². The van der Waals surface area contributed by atoms with Crippen LogP contribution >= 0.6 is 11.3 Å². The Morgan fingerprint density at radius 1 is 1.42 bits per heavy atom. The van der Waals surface area contributed by atoms with Gasteiger partial charge in [0.15, 0.2) is 0 Å². The Bertz CT molecular complexity index is 525. The molecule has 0 aromatic carbocycles. The maximum atomic E-state index is 4.22. The van der Waals surface area contributed by atoms with E-state index in [1.54, 1.807) is 12.4 Å². The van der Waals surface area contributed by atoms with E-state index in [-0.39, 0.29) is 0 Å². The highest BCUT2D eigenvalue weighted by Gasteiger charge is 2.23. The van der Waals surface area contributed by atoms with Crippen molar-refractivity contribution in [1.82, 2.24) is 14.9 Å². The van der Waals surface area contributed by atoms with E-state index >= 15 is 0 Å². The summed E-state index contributed by atoms with van der Waals surface area (Å²) in [5.74, 6) is 0.738. The van der Waals surface area contributed by atoms with Crippen LogP contribution in [0, 0.1) is 6.92 Å². The lowest BCUT2D eigenvalue weighted by molar-refractivity contribution is 0.331. The van der Waals surface area contributed by atoms with Crippen LogP contribution in [0.5, 0.6) is 0 Å². The van der Waals surface area contributed by atoms with E-state index in [2.05, 4.69) is 38.6 Å². The van der Waals surface area contributed by atoms with Gasteiger partial charge in [0.25, 0.3) is 0 Å². The van der Waals surface area contributed by atoms with Crippen LogP contribution in [0.3, 0.4) is 0 Å². The Hall–Kier alpha value is -1.46. The van der Waals surface area contributed by atoms with Gasteiger partial charge in [0.2, 0.25) is 5.95 Å². The van der Waals surface area contributed by atoms with Crippen molar-refractivity contribution in [2.24, 2.45) is 0 Å².